The lowest BCUT2D eigenvalue weighted by molar-refractivity contribution is -0.136. The van der Waals surface area contributed by atoms with Crippen LogP contribution in [0.4, 0.5) is 5.69 Å². The number of nitrogens with one attached hydrogen (secondary N) is 2. The number of carbonyl (C=O) groups is 2. The first kappa shape index (κ1) is 13.5. The molecule has 1 atom stereocenters. The molecule has 102 valence electrons. The molecule has 0 spiro atoms. The van der Waals surface area contributed by atoms with Crippen molar-refractivity contribution in [1.29, 1.82) is 0 Å². The summed E-state index contributed by atoms with van der Waals surface area (Å²) in [6.45, 7) is 1.61. The Labute approximate surface area is 110 Å². The van der Waals surface area contributed by atoms with Crippen molar-refractivity contribution in [3.05, 3.63) is 29.8 Å². The summed E-state index contributed by atoms with van der Waals surface area (Å²) in [4.78, 5) is 22.6. The number of morpholine rings is 1. The molecule has 1 aliphatic rings. The largest absolute Gasteiger partial charge is 0.481 e. The highest BCUT2D eigenvalue weighted by atomic mass is 16.5. The van der Waals surface area contributed by atoms with Gasteiger partial charge in [-0.15, -0.1) is 0 Å². The summed E-state index contributed by atoms with van der Waals surface area (Å²) in [5.74, 6) is -1.07. The lowest BCUT2D eigenvalue weighted by Gasteiger charge is -2.22. The predicted octanol–water partition coefficient (Wildman–Crippen LogP) is 0.241. The van der Waals surface area contributed by atoms with Gasteiger partial charge >= 0.3 is 5.97 Å². The number of anilines is 1. The van der Waals surface area contributed by atoms with Crippen molar-refractivity contribution in [1.82, 2.24) is 5.32 Å². The molecule has 0 aliphatic carbocycles. The van der Waals surface area contributed by atoms with E-state index >= 15 is 0 Å². The van der Waals surface area contributed by atoms with Crippen LogP contribution in [0.1, 0.15) is 5.56 Å². The third-order valence-electron chi connectivity index (χ3n) is 2.79. The summed E-state index contributed by atoms with van der Waals surface area (Å²) >= 11 is 0. The average molecular weight is 264 g/mol. The van der Waals surface area contributed by atoms with Gasteiger partial charge in [-0.2, -0.15) is 0 Å². The van der Waals surface area contributed by atoms with E-state index in [1.54, 1.807) is 24.3 Å². The lowest BCUT2D eigenvalue weighted by atomic mass is 10.1. The van der Waals surface area contributed by atoms with E-state index in [9.17, 15) is 9.59 Å². The van der Waals surface area contributed by atoms with Crippen molar-refractivity contribution in [3.8, 4) is 0 Å². The number of amides is 1. The molecule has 3 N–H and O–H groups in total. The van der Waals surface area contributed by atoms with E-state index in [1.165, 1.54) is 0 Å². The van der Waals surface area contributed by atoms with Crippen molar-refractivity contribution in [2.75, 3.05) is 25.1 Å². The number of carboxylic acid groups (broad SMARTS) is 1. The highest BCUT2D eigenvalue weighted by Gasteiger charge is 2.21. The van der Waals surface area contributed by atoms with E-state index in [1.807, 2.05) is 0 Å². The van der Waals surface area contributed by atoms with Gasteiger partial charge in [-0.1, -0.05) is 12.1 Å². The molecule has 1 fully saturated rings. The van der Waals surface area contributed by atoms with Crippen LogP contribution >= 0.6 is 0 Å². The van der Waals surface area contributed by atoms with Gasteiger partial charge in [-0.3, -0.25) is 9.59 Å². The Kier molecular flexibility index (Phi) is 4.48. The maximum Gasteiger partial charge on any atom is 0.307 e. The molecule has 0 bridgehead atoms. The second kappa shape index (κ2) is 6.31. The number of carbonyl (C=O) groups excluding carboxylic acids is 1. The molecule has 0 aromatic heterocycles. The number of hydrogen-bond acceptors (Lipinski definition) is 4. The number of benzene rings is 1. The first-order valence-electron chi connectivity index (χ1n) is 6.08. The van der Waals surface area contributed by atoms with Gasteiger partial charge in [-0.25, -0.2) is 0 Å². The van der Waals surface area contributed by atoms with Crippen molar-refractivity contribution < 1.29 is 19.4 Å². The summed E-state index contributed by atoms with van der Waals surface area (Å²) in [6.07, 6.45) is -0.0610. The Morgan fingerprint density at radius 3 is 3.00 bits per heavy atom. The molecule has 1 heterocycles. The van der Waals surface area contributed by atoms with Crippen LogP contribution in [0, 0.1) is 0 Å². The number of aliphatic carboxylic acids is 1. The Balaban J connectivity index is 1.97. The van der Waals surface area contributed by atoms with E-state index in [0.717, 1.165) is 0 Å². The number of hydrogen-bond donors (Lipinski definition) is 3. The molecule has 6 heteroatoms. The topological polar surface area (TPSA) is 87.7 Å². The van der Waals surface area contributed by atoms with Crippen LogP contribution in [0.25, 0.3) is 0 Å². The molecule has 2 rings (SSSR count). The second-order valence-electron chi connectivity index (χ2n) is 4.34. The number of carboxylic acids is 1. The summed E-state index contributed by atoms with van der Waals surface area (Å²) in [7, 11) is 0. The van der Waals surface area contributed by atoms with Crippen LogP contribution in [0.5, 0.6) is 0 Å². The molecule has 6 nitrogen and oxygen atoms in total. The molecule has 1 aliphatic heterocycles. The quantitative estimate of drug-likeness (QED) is 0.725. The molecule has 0 saturated carbocycles. The molecule has 1 aromatic carbocycles. The predicted molar refractivity (Wildman–Crippen MR) is 69.0 cm³/mol. The zero-order chi connectivity index (χ0) is 13.7. The van der Waals surface area contributed by atoms with Gasteiger partial charge in [0.1, 0.15) is 6.04 Å². The van der Waals surface area contributed by atoms with E-state index < -0.39 is 5.97 Å². The molecule has 1 unspecified atom stereocenters. The third-order valence-corrected chi connectivity index (χ3v) is 2.79. The summed E-state index contributed by atoms with van der Waals surface area (Å²) in [5.41, 5.74) is 1.24. The van der Waals surface area contributed by atoms with Gasteiger partial charge in [-0.05, 0) is 17.7 Å². The molecule has 19 heavy (non-hydrogen) atoms. The minimum absolute atomic E-state index is 0.0610. The maximum absolute atomic E-state index is 11.9. The minimum Gasteiger partial charge on any atom is -0.481 e. The normalized spacial score (nSPS) is 18.8. The Morgan fingerprint density at radius 1 is 1.47 bits per heavy atom. The van der Waals surface area contributed by atoms with Gasteiger partial charge in [0.15, 0.2) is 0 Å². The molecule has 0 radical (unpaired) electrons. The molecule has 1 amide bonds. The molecular formula is C13H16N2O4. The SMILES string of the molecule is O=C(O)Cc1cccc(NC(=O)C2COCCN2)c1. The van der Waals surface area contributed by atoms with Crippen LogP contribution in [0.2, 0.25) is 0 Å². The van der Waals surface area contributed by atoms with Crippen molar-refractivity contribution in [2.24, 2.45) is 0 Å². The monoisotopic (exact) mass is 264 g/mol. The van der Waals surface area contributed by atoms with Gasteiger partial charge in [0.2, 0.25) is 5.91 Å². The van der Waals surface area contributed by atoms with E-state index in [2.05, 4.69) is 10.6 Å². The van der Waals surface area contributed by atoms with E-state index in [4.69, 9.17) is 9.84 Å². The van der Waals surface area contributed by atoms with E-state index in [0.29, 0.717) is 31.0 Å². The van der Waals surface area contributed by atoms with Crippen LogP contribution < -0.4 is 10.6 Å². The van der Waals surface area contributed by atoms with Crippen LogP contribution in [0.15, 0.2) is 24.3 Å². The zero-order valence-corrected chi connectivity index (χ0v) is 10.4. The molecular weight excluding hydrogens is 248 g/mol. The van der Waals surface area contributed by atoms with Gasteiger partial charge in [0.25, 0.3) is 0 Å². The minimum atomic E-state index is -0.897. The van der Waals surface area contributed by atoms with Crippen molar-refractivity contribution in [2.45, 2.75) is 12.5 Å². The van der Waals surface area contributed by atoms with Gasteiger partial charge in [0, 0.05) is 12.2 Å². The summed E-state index contributed by atoms with van der Waals surface area (Å²) in [6, 6.07) is 6.46. The van der Waals surface area contributed by atoms with E-state index in [-0.39, 0.29) is 18.4 Å². The van der Waals surface area contributed by atoms with Crippen LogP contribution in [-0.2, 0) is 20.7 Å². The summed E-state index contributed by atoms with van der Waals surface area (Å²) in [5, 5.41) is 14.5. The van der Waals surface area contributed by atoms with Gasteiger partial charge < -0.3 is 20.5 Å². The third kappa shape index (κ3) is 4.04. The fourth-order valence-electron chi connectivity index (χ4n) is 1.90. The fourth-order valence-corrected chi connectivity index (χ4v) is 1.90. The second-order valence-corrected chi connectivity index (χ2v) is 4.34. The number of ether oxygens (including phenoxy) is 1. The van der Waals surface area contributed by atoms with Crippen LogP contribution in [0.3, 0.4) is 0 Å². The zero-order valence-electron chi connectivity index (χ0n) is 10.4. The van der Waals surface area contributed by atoms with Crippen molar-refractivity contribution in [3.63, 3.8) is 0 Å². The number of rotatable bonds is 4. The lowest BCUT2D eigenvalue weighted by Crippen LogP contribution is -2.48. The Hall–Kier alpha value is -1.92. The first-order chi connectivity index (χ1) is 9.15. The van der Waals surface area contributed by atoms with Crippen molar-refractivity contribution >= 4 is 17.6 Å². The first-order valence-corrected chi connectivity index (χ1v) is 6.08. The standard InChI is InChI=1S/C13H16N2O4/c16-12(17)7-9-2-1-3-10(6-9)15-13(18)11-8-19-5-4-14-11/h1-3,6,11,14H,4-5,7-8H2,(H,15,18)(H,16,17). The Morgan fingerprint density at radius 2 is 2.32 bits per heavy atom. The molecule has 1 aromatic rings. The smallest absolute Gasteiger partial charge is 0.307 e. The Bertz CT molecular complexity index is 469. The highest BCUT2D eigenvalue weighted by Crippen LogP contribution is 2.12. The van der Waals surface area contributed by atoms with Gasteiger partial charge in [0.05, 0.1) is 19.6 Å². The molecule has 1 saturated heterocycles. The fraction of sp³-hybridized carbons (Fsp3) is 0.385. The average Bonchev–Trinajstić information content (AvgIpc) is 2.39. The summed E-state index contributed by atoms with van der Waals surface area (Å²) < 4.78 is 5.22. The van der Waals surface area contributed by atoms with Crippen LogP contribution in [-0.4, -0.2) is 42.8 Å². The highest BCUT2D eigenvalue weighted by molar-refractivity contribution is 5.95. The maximum atomic E-state index is 11.9.